The van der Waals surface area contributed by atoms with Gasteiger partial charge in [0.15, 0.2) is 5.96 Å². The third-order valence-corrected chi connectivity index (χ3v) is 4.12. The van der Waals surface area contributed by atoms with Crippen LogP contribution in [0.15, 0.2) is 35.3 Å². The topological polar surface area (TPSA) is 83.3 Å². The summed E-state index contributed by atoms with van der Waals surface area (Å²) in [6, 6.07) is 9.61. The molecule has 0 aliphatic heterocycles. The van der Waals surface area contributed by atoms with Crippen LogP contribution in [0, 0.1) is 13.8 Å². The summed E-state index contributed by atoms with van der Waals surface area (Å²) >= 11 is 0. The number of benzene rings is 1. The minimum absolute atomic E-state index is 0.0880. The van der Waals surface area contributed by atoms with E-state index in [4.69, 9.17) is 0 Å². The standard InChI is InChI=1S/C20H30N6O/c1-5-22-20(23-10-7-11-26-16(3)12-15(2)25-26)24-14-17-8-6-9-18(13-17)19(27)21-4/h6,8-9,12-13H,5,7,10-11,14H2,1-4H3,(H,21,27)(H2,22,23,24). The first kappa shape index (κ1) is 20.5. The first-order chi connectivity index (χ1) is 13.0. The third-order valence-electron chi connectivity index (χ3n) is 4.12. The molecule has 0 atom stereocenters. The lowest BCUT2D eigenvalue weighted by molar-refractivity contribution is 0.0963. The Morgan fingerprint density at radius 2 is 2.04 bits per heavy atom. The van der Waals surface area contributed by atoms with Crippen molar-refractivity contribution in [2.24, 2.45) is 4.99 Å². The molecule has 0 unspecified atom stereocenters. The largest absolute Gasteiger partial charge is 0.357 e. The molecule has 0 radical (unpaired) electrons. The number of carbonyl (C=O) groups is 1. The summed E-state index contributed by atoms with van der Waals surface area (Å²) in [5, 5.41) is 13.7. The van der Waals surface area contributed by atoms with Gasteiger partial charge in [0.2, 0.25) is 0 Å². The summed E-state index contributed by atoms with van der Waals surface area (Å²) in [6.45, 7) is 9.11. The minimum Gasteiger partial charge on any atom is -0.357 e. The molecule has 0 bridgehead atoms. The monoisotopic (exact) mass is 370 g/mol. The van der Waals surface area contributed by atoms with Crippen molar-refractivity contribution in [3.8, 4) is 0 Å². The van der Waals surface area contributed by atoms with Crippen LogP contribution >= 0.6 is 0 Å². The van der Waals surface area contributed by atoms with Crippen LogP contribution in [-0.2, 0) is 13.1 Å². The molecule has 3 N–H and O–H groups in total. The fourth-order valence-electron chi connectivity index (χ4n) is 2.80. The van der Waals surface area contributed by atoms with E-state index in [1.807, 2.05) is 36.7 Å². The predicted octanol–water partition coefficient (Wildman–Crippen LogP) is 2.00. The van der Waals surface area contributed by atoms with Gasteiger partial charge in [0.05, 0.1) is 12.2 Å². The second-order valence-electron chi connectivity index (χ2n) is 6.41. The average Bonchev–Trinajstić information content (AvgIpc) is 2.99. The SMILES string of the molecule is CCNC(=NCc1cccc(C(=O)NC)c1)NCCCn1nc(C)cc1C. The van der Waals surface area contributed by atoms with E-state index < -0.39 is 0 Å². The molecule has 1 aromatic heterocycles. The first-order valence-electron chi connectivity index (χ1n) is 9.37. The van der Waals surface area contributed by atoms with Gasteiger partial charge in [-0.1, -0.05) is 12.1 Å². The van der Waals surface area contributed by atoms with E-state index in [-0.39, 0.29) is 5.91 Å². The Morgan fingerprint density at radius 1 is 1.22 bits per heavy atom. The summed E-state index contributed by atoms with van der Waals surface area (Å²) < 4.78 is 2.03. The molecule has 146 valence electrons. The zero-order chi connectivity index (χ0) is 19.6. The number of nitrogens with one attached hydrogen (secondary N) is 3. The van der Waals surface area contributed by atoms with Gasteiger partial charge in [0.1, 0.15) is 0 Å². The van der Waals surface area contributed by atoms with E-state index in [1.54, 1.807) is 13.1 Å². The fourth-order valence-corrected chi connectivity index (χ4v) is 2.80. The molecule has 0 saturated heterocycles. The number of hydrogen-bond donors (Lipinski definition) is 3. The van der Waals surface area contributed by atoms with Crippen LogP contribution in [0.2, 0.25) is 0 Å². The van der Waals surface area contributed by atoms with Crippen LogP contribution in [0.1, 0.15) is 40.7 Å². The maximum atomic E-state index is 11.7. The highest BCUT2D eigenvalue weighted by Gasteiger charge is 2.04. The Balaban J connectivity index is 1.88. The van der Waals surface area contributed by atoms with Crippen molar-refractivity contribution in [2.45, 2.75) is 40.3 Å². The molecule has 1 aromatic carbocycles. The van der Waals surface area contributed by atoms with E-state index >= 15 is 0 Å². The van der Waals surface area contributed by atoms with Crippen LogP contribution < -0.4 is 16.0 Å². The maximum absolute atomic E-state index is 11.7. The zero-order valence-electron chi connectivity index (χ0n) is 16.7. The normalized spacial score (nSPS) is 11.3. The van der Waals surface area contributed by atoms with Crippen molar-refractivity contribution in [2.75, 3.05) is 20.1 Å². The van der Waals surface area contributed by atoms with Gasteiger partial charge in [-0.3, -0.25) is 9.48 Å². The van der Waals surface area contributed by atoms with E-state index in [1.165, 1.54) is 5.69 Å². The Labute approximate surface area is 161 Å². The number of aliphatic imine (C=N–C) groups is 1. The Kier molecular flexibility index (Phi) is 7.85. The summed E-state index contributed by atoms with van der Waals surface area (Å²) in [5.74, 6) is 0.686. The van der Waals surface area contributed by atoms with E-state index in [2.05, 4.69) is 39.0 Å². The number of carbonyl (C=O) groups excluding carboxylic acids is 1. The summed E-state index contributed by atoms with van der Waals surface area (Å²) in [5.41, 5.74) is 3.88. The number of rotatable bonds is 8. The van der Waals surface area contributed by atoms with E-state index in [0.29, 0.717) is 12.1 Å². The molecule has 0 aliphatic rings. The van der Waals surface area contributed by atoms with Crippen LogP contribution in [0.3, 0.4) is 0 Å². The van der Waals surface area contributed by atoms with Crippen LogP contribution in [0.5, 0.6) is 0 Å². The maximum Gasteiger partial charge on any atom is 0.251 e. The van der Waals surface area contributed by atoms with Gasteiger partial charge in [0.25, 0.3) is 5.91 Å². The Bertz CT molecular complexity index is 781. The Hall–Kier alpha value is -2.83. The quantitative estimate of drug-likeness (QED) is 0.377. The van der Waals surface area contributed by atoms with Crippen LogP contribution in [0.4, 0.5) is 0 Å². The lowest BCUT2D eigenvalue weighted by Gasteiger charge is -2.12. The highest BCUT2D eigenvalue weighted by atomic mass is 16.1. The zero-order valence-corrected chi connectivity index (χ0v) is 16.7. The van der Waals surface area contributed by atoms with Gasteiger partial charge in [-0.25, -0.2) is 4.99 Å². The number of aromatic nitrogens is 2. The number of aryl methyl sites for hydroxylation is 3. The second-order valence-corrected chi connectivity index (χ2v) is 6.41. The van der Waals surface area contributed by atoms with Gasteiger partial charge in [-0.05, 0) is 51.0 Å². The molecular formula is C20H30N6O. The molecule has 1 heterocycles. The highest BCUT2D eigenvalue weighted by Crippen LogP contribution is 2.07. The molecule has 1 amide bonds. The summed E-state index contributed by atoms with van der Waals surface area (Å²) in [4.78, 5) is 16.4. The molecule has 7 nitrogen and oxygen atoms in total. The van der Waals surface area contributed by atoms with E-state index in [9.17, 15) is 4.79 Å². The highest BCUT2D eigenvalue weighted by molar-refractivity contribution is 5.94. The van der Waals surface area contributed by atoms with Crippen molar-refractivity contribution in [1.82, 2.24) is 25.7 Å². The van der Waals surface area contributed by atoms with Gasteiger partial charge in [0, 0.05) is 37.9 Å². The lowest BCUT2D eigenvalue weighted by Crippen LogP contribution is -2.38. The van der Waals surface area contributed by atoms with Crippen molar-refractivity contribution < 1.29 is 4.79 Å². The average molecular weight is 371 g/mol. The summed E-state index contributed by atoms with van der Waals surface area (Å²) in [7, 11) is 1.63. The molecule has 0 fully saturated rings. The van der Waals surface area contributed by atoms with Crippen LogP contribution in [0.25, 0.3) is 0 Å². The molecule has 2 rings (SSSR count). The van der Waals surface area contributed by atoms with E-state index in [0.717, 1.165) is 43.3 Å². The van der Waals surface area contributed by atoms with Gasteiger partial charge in [-0.15, -0.1) is 0 Å². The molecule has 27 heavy (non-hydrogen) atoms. The molecule has 0 aliphatic carbocycles. The van der Waals surface area contributed by atoms with Crippen molar-refractivity contribution in [3.63, 3.8) is 0 Å². The molecule has 0 saturated carbocycles. The molecular weight excluding hydrogens is 340 g/mol. The number of nitrogens with zero attached hydrogens (tertiary/aromatic N) is 3. The number of guanidine groups is 1. The molecule has 2 aromatic rings. The fraction of sp³-hybridized carbons (Fsp3) is 0.450. The first-order valence-corrected chi connectivity index (χ1v) is 9.37. The minimum atomic E-state index is -0.0880. The molecule has 0 spiro atoms. The third kappa shape index (κ3) is 6.44. The molecule has 7 heteroatoms. The smallest absolute Gasteiger partial charge is 0.251 e. The number of hydrogen-bond acceptors (Lipinski definition) is 3. The van der Waals surface area contributed by atoms with Crippen molar-refractivity contribution in [3.05, 3.63) is 52.8 Å². The lowest BCUT2D eigenvalue weighted by atomic mass is 10.1. The number of amides is 1. The van der Waals surface area contributed by atoms with Crippen molar-refractivity contribution >= 4 is 11.9 Å². The summed E-state index contributed by atoms with van der Waals surface area (Å²) in [6.07, 6.45) is 0.957. The second kappa shape index (κ2) is 10.4. The Morgan fingerprint density at radius 3 is 2.70 bits per heavy atom. The van der Waals surface area contributed by atoms with Gasteiger partial charge >= 0.3 is 0 Å². The van der Waals surface area contributed by atoms with Gasteiger partial charge < -0.3 is 16.0 Å². The van der Waals surface area contributed by atoms with Crippen LogP contribution in [-0.4, -0.2) is 41.8 Å². The predicted molar refractivity (Wildman–Crippen MR) is 109 cm³/mol. The van der Waals surface area contributed by atoms with Gasteiger partial charge in [-0.2, -0.15) is 5.10 Å². The van der Waals surface area contributed by atoms with Crippen molar-refractivity contribution in [1.29, 1.82) is 0 Å².